The standard InChI is InChI=1S/C21H28N4O3/c1-14-12-25(13-15(2)28-14)21-11-18(17-5-8-27-9-6-19(17)22-21)20(26)10-16-4-7-24(3)23-16/h4,7,11,14-15H,5-6,8-10,12-13H2,1-3H3/t14-,15+. The van der Waals surface area contributed by atoms with E-state index in [1.807, 2.05) is 25.4 Å². The Morgan fingerprint density at radius 3 is 2.68 bits per heavy atom. The number of carbonyl (C=O) groups is 1. The molecule has 1 fully saturated rings. The zero-order valence-electron chi connectivity index (χ0n) is 16.9. The lowest BCUT2D eigenvalue weighted by molar-refractivity contribution is -0.00547. The lowest BCUT2D eigenvalue weighted by Crippen LogP contribution is -2.46. The highest BCUT2D eigenvalue weighted by Gasteiger charge is 2.27. The summed E-state index contributed by atoms with van der Waals surface area (Å²) in [4.78, 5) is 20.4. The number of morpholine rings is 1. The number of pyridine rings is 1. The van der Waals surface area contributed by atoms with Gasteiger partial charge in [-0.1, -0.05) is 0 Å². The molecule has 7 heteroatoms. The van der Waals surface area contributed by atoms with E-state index < -0.39 is 0 Å². The number of nitrogens with zero attached hydrogens (tertiary/aromatic N) is 4. The summed E-state index contributed by atoms with van der Waals surface area (Å²) in [6.45, 7) is 6.98. The van der Waals surface area contributed by atoms with Crippen LogP contribution in [0.25, 0.3) is 0 Å². The zero-order valence-corrected chi connectivity index (χ0v) is 16.9. The molecule has 2 aliphatic rings. The van der Waals surface area contributed by atoms with Gasteiger partial charge in [-0.2, -0.15) is 5.10 Å². The van der Waals surface area contributed by atoms with Crippen molar-refractivity contribution >= 4 is 11.6 Å². The van der Waals surface area contributed by atoms with E-state index in [1.165, 1.54) is 0 Å². The maximum absolute atomic E-state index is 13.2. The van der Waals surface area contributed by atoms with Crippen molar-refractivity contribution in [3.63, 3.8) is 0 Å². The number of Topliss-reactive ketones (excluding diaryl/α,β-unsaturated/α-hetero) is 1. The van der Waals surface area contributed by atoms with Crippen molar-refractivity contribution in [3.05, 3.63) is 40.8 Å². The maximum Gasteiger partial charge on any atom is 0.169 e. The number of carbonyl (C=O) groups excluding carboxylic acids is 1. The summed E-state index contributed by atoms with van der Waals surface area (Å²) in [7, 11) is 1.86. The van der Waals surface area contributed by atoms with Gasteiger partial charge < -0.3 is 14.4 Å². The van der Waals surface area contributed by atoms with Crippen LogP contribution in [0.2, 0.25) is 0 Å². The van der Waals surface area contributed by atoms with Crippen LogP contribution in [0.15, 0.2) is 18.3 Å². The molecule has 1 saturated heterocycles. The van der Waals surface area contributed by atoms with Gasteiger partial charge in [-0.05, 0) is 38.0 Å². The maximum atomic E-state index is 13.2. The summed E-state index contributed by atoms with van der Waals surface area (Å²) in [5, 5.41) is 4.37. The van der Waals surface area contributed by atoms with Crippen molar-refractivity contribution in [3.8, 4) is 0 Å². The van der Waals surface area contributed by atoms with Crippen molar-refractivity contribution < 1.29 is 14.3 Å². The monoisotopic (exact) mass is 384 g/mol. The summed E-state index contributed by atoms with van der Waals surface area (Å²) >= 11 is 0. The van der Waals surface area contributed by atoms with E-state index in [2.05, 4.69) is 23.8 Å². The molecule has 0 bridgehead atoms. The van der Waals surface area contributed by atoms with Crippen molar-refractivity contribution in [2.24, 2.45) is 7.05 Å². The number of aryl methyl sites for hydroxylation is 1. The van der Waals surface area contributed by atoms with Gasteiger partial charge in [-0.25, -0.2) is 4.98 Å². The van der Waals surface area contributed by atoms with Crippen LogP contribution in [0.5, 0.6) is 0 Å². The van der Waals surface area contributed by atoms with Crippen LogP contribution in [-0.2, 0) is 35.8 Å². The summed E-state index contributed by atoms with van der Waals surface area (Å²) in [5.41, 5.74) is 3.59. The average molecular weight is 384 g/mol. The fourth-order valence-corrected chi connectivity index (χ4v) is 4.13. The fraction of sp³-hybridized carbons (Fsp3) is 0.571. The molecule has 0 N–H and O–H groups in total. The number of fused-ring (bicyclic) bond motifs is 1. The topological polar surface area (TPSA) is 69.5 Å². The van der Waals surface area contributed by atoms with E-state index in [9.17, 15) is 4.79 Å². The highest BCUT2D eigenvalue weighted by molar-refractivity contribution is 5.99. The van der Waals surface area contributed by atoms with Crippen LogP contribution >= 0.6 is 0 Å². The van der Waals surface area contributed by atoms with Gasteiger partial charge in [-0.15, -0.1) is 0 Å². The minimum atomic E-state index is 0.0925. The minimum absolute atomic E-state index is 0.0925. The Bertz CT molecular complexity index is 853. The van der Waals surface area contributed by atoms with Gasteiger partial charge in [0.2, 0.25) is 0 Å². The normalized spacial score (nSPS) is 22.6. The Balaban J connectivity index is 1.69. The molecule has 2 aliphatic heterocycles. The number of ether oxygens (including phenoxy) is 2. The Kier molecular flexibility index (Phi) is 5.46. The number of rotatable bonds is 4. The third-order valence-electron chi connectivity index (χ3n) is 5.33. The lowest BCUT2D eigenvalue weighted by atomic mass is 9.96. The molecule has 0 saturated carbocycles. The van der Waals surface area contributed by atoms with Crippen LogP contribution in [0.4, 0.5) is 5.82 Å². The van der Waals surface area contributed by atoms with E-state index in [0.717, 1.165) is 54.3 Å². The van der Waals surface area contributed by atoms with Gasteiger partial charge in [0, 0.05) is 44.0 Å². The van der Waals surface area contributed by atoms with Crippen molar-refractivity contribution in [2.75, 3.05) is 31.2 Å². The summed E-state index contributed by atoms with van der Waals surface area (Å²) < 4.78 is 13.2. The molecule has 2 atom stereocenters. The van der Waals surface area contributed by atoms with E-state index in [4.69, 9.17) is 14.5 Å². The van der Waals surface area contributed by atoms with Gasteiger partial charge in [0.25, 0.3) is 0 Å². The van der Waals surface area contributed by atoms with E-state index in [1.54, 1.807) is 4.68 Å². The molecule has 0 unspecified atom stereocenters. The molecule has 0 amide bonds. The third-order valence-corrected chi connectivity index (χ3v) is 5.33. The highest BCUT2D eigenvalue weighted by atomic mass is 16.5. The van der Waals surface area contributed by atoms with Crippen molar-refractivity contribution in [1.29, 1.82) is 0 Å². The van der Waals surface area contributed by atoms with Gasteiger partial charge in [0.05, 0.1) is 37.5 Å². The first-order valence-corrected chi connectivity index (χ1v) is 10.0. The first-order chi connectivity index (χ1) is 13.5. The predicted molar refractivity (Wildman–Crippen MR) is 106 cm³/mol. The number of hydrogen-bond donors (Lipinski definition) is 0. The van der Waals surface area contributed by atoms with Crippen LogP contribution in [0, 0.1) is 0 Å². The Labute approximate surface area is 165 Å². The third kappa shape index (κ3) is 4.10. The van der Waals surface area contributed by atoms with Gasteiger partial charge in [-0.3, -0.25) is 9.48 Å². The molecule has 28 heavy (non-hydrogen) atoms. The molecule has 0 aliphatic carbocycles. The molecule has 2 aromatic rings. The zero-order chi connectivity index (χ0) is 19.7. The summed E-state index contributed by atoms with van der Waals surface area (Å²) in [6, 6.07) is 3.87. The minimum Gasteiger partial charge on any atom is -0.381 e. The van der Waals surface area contributed by atoms with Gasteiger partial charge in [0.1, 0.15) is 5.82 Å². The Hall–Kier alpha value is -2.25. The summed E-state index contributed by atoms with van der Waals surface area (Å²) in [5.74, 6) is 0.960. The Morgan fingerprint density at radius 1 is 1.21 bits per heavy atom. The van der Waals surface area contributed by atoms with E-state index in [0.29, 0.717) is 19.6 Å². The van der Waals surface area contributed by atoms with Crippen molar-refractivity contribution in [1.82, 2.24) is 14.8 Å². The van der Waals surface area contributed by atoms with Crippen LogP contribution < -0.4 is 4.90 Å². The molecule has 0 spiro atoms. The quantitative estimate of drug-likeness (QED) is 0.751. The second-order valence-electron chi connectivity index (χ2n) is 7.81. The molecule has 150 valence electrons. The largest absolute Gasteiger partial charge is 0.381 e. The second kappa shape index (κ2) is 8.01. The highest BCUT2D eigenvalue weighted by Crippen LogP contribution is 2.26. The first-order valence-electron chi connectivity index (χ1n) is 10.0. The summed E-state index contributed by atoms with van der Waals surface area (Å²) in [6.07, 6.45) is 3.91. The molecule has 7 nitrogen and oxygen atoms in total. The molecular weight excluding hydrogens is 356 g/mol. The van der Waals surface area contributed by atoms with Crippen LogP contribution in [-0.4, -0.2) is 59.1 Å². The molecule has 4 rings (SSSR count). The number of anilines is 1. The van der Waals surface area contributed by atoms with E-state index >= 15 is 0 Å². The number of hydrogen-bond acceptors (Lipinski definition) is 6. The molecule has 2 aromatic heterocycles. The molecule has 0 aromatic carbocycles. The molecular formula is C21H28N4O3. The van der Waals surface area contributed by atoms with E-state index in [-0.39, 0.29) is 18.0 Å². The lowest BCUT2D eigenvalue weighted by Gasteiger charge is -2.36. The smallest absolute Gasteiger partial charge is 0.169 e. The number of aromatic nitrogens is 3. The SMILES string of the molecule is C[C@@H]1CN(c2cc(C(=O)Cc3ccn(C)n3)c3c(n2)CCOCC3)C[C@H](C)O1. The van der Waals surface area contributed by atoms with Gasteiger partial charge in [0.15, 0.2) is 5.78 Å². The number of ketones is 1. The fourth-order valence-electron chi connectivity index (χ4n) is 4.13. The van der Waals surface area contributed by atoms with Crippen LogP contribution in [0.1, 0.15) is 41.2 Å². The van der Waals surface area contributed by atoms with Gasteiger partial charge >= 0.3 is 0 Å². The predicted octanol–water partition coefficient (Wildman–Crippen LogP) is 1.97. The van der Waals surface area contributed by atoms with Crippen molar-refractivity contribution in [2.45, 2.75) is 45.3 Å². The van der Waals surface area contributed by atoms with Crippen LogP contribution in [0.3, 0.4) is 0 Å². The molecule has 4 heterocycles. The first kappa shape index (κ1) is 19.1. The average Bonchev–Trinajstić information content (AvgIpc) is 2.91. The second-order valence-corrected chi connectivity index (χ2v) is 7.81. The Morgan fingerprint density at radius 2 is 1.96 bits per heavy atom. The molecule has 0 radical (unpaired) electrons.